The molecule has 3 N–H and O–H groups in total. The molecule has 1 fully saturated rings. The Morgan fingerprint density at radius 2 is 2.39 bits per heavy atom. The van der Waals surface area contributed by atoms with Crippen LogP contribution in [-0.4, -0.2) is 52.8 Å². The second kappa shape index (κ2) is 5.32. The highest BCUT2D eigenvalue weighted by molar-refractivity contribution is 5.92. The molecule has 1 aliphatic rings. The highest BCUT2D eigenvalue weighted by Crippen LogP contribution is 2.14. The van der Waals surface area contributed by atoms with Crippen LogP contribution in [0.4, 0.5) is 5.69 Å². The van der Waals surface area contributed by atoms with Gasteiger partial charge in [-0.15, -0.1) is 0 Å². The Morgan fingerprint density at radius 1 is 1.61 bits per heavy atom. The average molecular weight is 251 g/mol. The lowest BCUT2D eigenvalue weighted by Gasteiger charge is -2.35. The molecule has 0 spiro atoms. The van der Waals surface area contributed by atoms with E-state index in [-0.39, 0.29) is 24.7 Å². The molecule has 0 bridgehead atoms. The van der Waals surface area contributed by atoms with E-state index in [1.165, 1.54) is 6.20 Å². The average Bonchev–Trinajstić information content (AvgIpc) is 2.38. The fourth-order valence-corrected chi connectivity index (χ4v) is 2.01. The number of morpholine rings is 1. The molecule has 6 nitrogen and oxygen atoms in total. The summed E-state index contributed by atoms with van der Waals surface area (Å²) in [4.78, 5) is 17.9. The monoisotopic (exact) mass is 251 g/mol. The minimum atomic E-state index is -0.327. The Balaban J connectivity index is 2.10. The Hall–Kier alpha value is -1.66. The van der Waals surface area contributed by atoms with Crippen LogP contribution in [0.1, 0.15) is 17.4 Å². The topological polar surface area (TPSA) is 88.7 Å². The Bertz CT molecular complexity index is 421. The molecular formula is C12H17N3O3. The number of nitrogens with zero attached hydrogens (tertiary/aromatic N) is 2. The van der Waals surface area contributed by atoms with Crippen LogP contribution in [-0.2, 0) is 4.74 Å². The van der Waals surface area contributed by atoms with Gasteiger partial charge in [0.15, 0.2) is 0 Å². The minimum Gasteiger partial charge on any atom is -0.397 e. The van der Waals surface area contributed by atoms with Crippen LogP contribution in [0, 0.1) is 0 Å². The summed E-state index contributed by atoms with van der Waals surface area (Å²) in [5, 5.41) is 9.12. The van der Waals surface area contributed by atoms with Crippen molar-refractivity contribution in [1.82, 2.24) is 9.88 Å². The number of aliphatic hydroxyl groups excluding tert-OH is 1. The van der Waals surface area contributed by atoms with Crippen LogP contribution in [0.25, 0.3) is 0 Å². The highest BCUT2D eigenvalue weighted by Gasteiger charge is 2.28. The number of hydrogen-bond donors (Lipinski definition) is 2. The molecule has 0 aromatic carbocycles. The molecule has 1 saturated heterocycles. The predicted molar refractivity (Wildman–Crippen MR) is 66.0 cm³/mol. The summed E-state index contributed by atoms with van der Waals surface area (Å²) in [6.07, 6.45) is 1.04. The van der Waals surface area contributed by atoms with Gasteiger partial charge in [0.25, 0.3) is 5.91 Å². The number of ether oxygens (including phenoxy) is 1. The molecular weight excluding hydrogens is 234 g/mol. The van der Waals surface area contributed by atoms with Crippen LogP contribution >= 0.6 is 0 Å². The van der Waals surface area contributed by atoms with E-state index < -0.39 is 0 Å². The molecule has 0 aliphatic carbocycles. The fourth-order valence-electron chi connectivity index (χ4n) is 2.01. The number of amides is 1. The van der Waals surface area contributed by atoms with Crippen molar-refractivity contribution in [2.75, 3.05) is 25.4 Å². The van der Waals surface area contributed by atoms with Crippen molar-refractivity contribution in [3.05, 3.63) is 24.0 Å². The first kappa shape index (κ1) is 12.8. The number of anilines is 1. The molecule has 1 aromatic heterocycles. The number of aliphatic hydroxyl groups is 1. The molecule has 1 amide bonds. The van der Waals surface area contributed by atoms with Gasteiger partial charge < -0.3 is 20.5 Å². The summed E-state index contributed by atoms with van der Waals surface area (Å²) >= 11 is 0. The smallest absolute Gasteiger partial charge is 0.272 e. The normalized spacial score (nSPS) is 24.0. The number of aromatic nitrogens is 1. The third-order valence-corrected chi connectivity index (χ3v) is 2.82. The maximum absolute atomic E-state index is 12.2. The predicted octanol–water partition coefficient (Wildman–Crippen LogP) is -0.114. The quantitative estimate of drug-likeness (QED) is 0.765. The van der Waals surface area contributed by atoms with E-state index in [0.29, 0.717) is 24.5 Å². The Morgan fingerprint density at radius 3 is 3.00 bits per heavy atom. The first-order chi connectivity index (χ1) is 8.60. The highest BCUT2D eigenvalue weighted by atomic mass is 16.5. The zero-order chi connectivity index (χ0) is 13.1. The lowest BCUT2D eigenvalue weighted by Crippen LogP contribution is -2.50. The molecule has 0 radical (unpaired) electrons. The summed E-state index contributed by atoms with van der Waals surface area (Å²) in [6.45, 7) is 2.66. The van der Waals surface area contributed by atoms with Crippen molar-refractivity contribution >= 4 is 11.6 Å². The lowest BCUT2D eigenvalue weighted by atomic mass is 10.2. The molecule has 1 aromatic rings. The van der Waals surface area contributed by atoms with Gasteiger partial charge in [0, 0.05) is 13.1 Å². The molecule has 6 heteroatoms. The van der Waals surface area contributed by atoms with Crippen molar-refractivity contribution in [1.29, 1.82) is 0 Å². The van der Waals surface area contributed by atoms with Gasteiger partial charge in [-0.1, -0.05) is 0 Å². The van der Waals surface area contributed by atoms with Gasteiger partial charge >= 0.3 is 0 Å². The molecule has 2 rings (SSSR count). The van der Waals surface area contributed by atoms with Crippen LogP contribution < -0.4 is 5.73 Å². The molecule has 1 aliphatic heterocycles. The van der Waals surface area contributed by atoms with Gasteiger partial charge in [-0.3, -0.25) is 4.79 Å². The maximum Gasteiger partial charge on any atom is 0.272 e. The number of nitrogens with two attached hydrogens (primary N) is 1. The summed E-state index contributed by atoms with van der Waals surface area (Å²) in [5.41, 5.74) is 6.41. The number of pyridine rings is 1. The third-order valence-electron chi connectivity index (χ3n) is 2.82. The maximum atomic E-state index is 12.2. The van der Waals surface area contributed by atoms with E-state index >= 15 is 0 Å². The van der Waals surface area contributed by atoms with E-state index in [4.69, 9.17) is 15.6 Å². The lowest BCUT2D eigenvalue weighted by molar-refractivity contribution is -0.0859. The zero-order valence-corrected chi connectivity index (χ0v) is 10.2. The molecule has 0 saturated carbocycles. The van der Waals surface area contributed by atoms with Gasteiger partial charge in [-0.05, 0) is 19.1 Å². The van der Waals surface area contributed by atoms with E-state index in [2.05, 4.69) is 4.98 Å². The zero-order valence-electron chi connectivity index (χ0n) is 10.2. The minimum absolute atomic E-state index is 0.0892. The largest absolute Gasteiger partial charge is 0.397 e. The molecule has 2 heterocycles. The van der Waals surface area contributed by atoms with Crippen LogP contribution in [0.3, 0.4) is 0 Å². The van der Waals surface area contributed by atoms with Gasteiger partial charge in [-0.25, -0.2) is 4.98 Å². The number of rotatable bonds is 2. The second-order valence-electron chi connectivity index (χ2n) is 4.44. The molecule has 2 unspecified atom stereocenters. The van der Waals surface area contributed by atoms with Gasteiger partial charge in [-0.2, -0.15) is 0 Å². The van der Waals surface area contributed by atoms with Crippen molar-refractivity contribution in [2.45, 2.75) is 19.1 Å². The van der Waals surface area contributed by atoms with Crippen molar-refractivity contribution in [3.63, 3.8) is 0 Å². The summed E-state index contributed by atoms with van der Waals surface area (Å²) in [7, 11) is 0. The van der Waals surface area contributed by atoms with Gasteiger partial charge in [0.2, 0.25) is 0 Å². The van der Waals surface area contributed by atoms with E-state index in [9.17, 15) is 4.79 Å². The van der Waals surface area contributed by atoms with Crippen LogP contribution in [0.2, 0.25) is 0 Å². The Labute approximate surface area is 105 Å². The first-order valence-electron chi connectivity index (χ1n) is 5.87. The SMILES string of the molecule is CC1CN(C(=O)c2ccc(N)cn2)CC(CO)O1. The van der Waals surface area contributed by atoms with Gasteiger partial charge in [0.05, 0.1) is 30.7 Å². The Kier molecular flexibility index (Phi) is 3.78. The van der Waals surface area contributed by atoms with Crippen molar-refractivity contribution in [3.8, 4) is 0 Å². The number of hydrogen-bond acceptors (Lipinski definition) is 5. The van der Waals surface area contributed by atoms with Crippen LogP contribution in [0.5, 0.6) is 0 Å². The molecule has 2 atom stereocenters. The van der Waals surface area contributed by atoms with E-state index in [1.54, 1.807) is 17.0 Å². The van der Waals surface area contributed by atoms with Gasteiger partial charge in [0.1, 0.15) is 5.69 Å². The molecule has 98 valence electrons. The number of nitrogen functional groups attached to an aromatic ring is 1. The third kappa shape index (κ3) is 2.77. The summed E-state index contributed by atoms with van der Waals surface area (Å²) in [6, 6.07) is 3.25. The number of carbonyl (C=O) groups excluding carboxylic acids is 1. The summed E-state index contributed by atoms with van der Waals surface area (Å²) in [5.74, 6) is -0.163. The van der Waals surface area contributed by atoms with Crippen molar-refractivity contribution in [2.24, 2.45) is 0 Å². The fraction of sp³-hybridized carbons (Fsp3) is 0.500. The van der Waals surface area contributed by atoms with Crippen LogP contribution in [0.15, 0.2) is 18.3 Å². The number of carbonyl (C=O) groups is 1. The van der Waals surface area contributed by atoms with E-state index in [0.717, 1.165) is 0 Å². The van der Waals surface area contributed by atoms with E-state index in [1.807, 2.05) is 6.92 Å². The first-order valence-corrected chi connectivity index (χ1v) is 5.87. The second-order valence-corrected chi connectivity index (χ2v) is 4.44. The summed E-state index contributed by atoms with van der Waals surface area (Å²) < 4.78 is 5.49. The van der Waals surface area contributed by atoms with Crippen molar-refractivity contribution < 1.29 is 14.6 Å². The molecule has 18 heavy (non-hydrogen) atoms. The standard InChI is InChI=1S/C12H17N3O3/c1-8-5-15(6-10(7-16)18-8)12(17)11-3-2-9(13)4-14-11/h2-4,8,10,16H,5-7,13H2,1H3.